The van der Waals surface area contributed by atoms with Crippen LogP contribution in [0.15, 0.2) is 54.8 Å². The number of halogens is 1. The van der Waals surface area contributed by atoms with Crippen LogP contribution in [0.2, 0.25) is 0 Å². The fraction of sp³-hybridized carbons (Fsp3) is 0.417. The Morgan fingerprint density at radius 2 is 2.10 bits per heavy atom. The smallest absolute Gasteiger partial charge is 0.256 e. The first-order valence-electron chi connectivity index (χ1n) is 10.5. The van der Waals surface area contributed by atoms with Crippen molar-refractivity contribution in [1.29, 1.82) is 0 Å². The molecule has 0 saturated carbocycles. The summed E-state index contributed by atoms with van der Waals surface area (Å²) in [6.45, 7) is 11.1. The lowest BCUT2D eigenvalue weighted by Gasteiger charge is -2.24. The number of amides is 1. The van der Waals surface area contributed by atoms with E-state index >= 15 is 0 Å². The van der Waals surface area contributed by atoms with E-state index in [4.69, 9.17) is 0 Å². The van der Waals surface area contributed by atoms with Crippen LogP contribution < -0.4 is 5.32 Å². The van der Waals surface area contributed by atoms with Gasteiger partial charge in [0.15, 0.2) is 0 Å². The van der Waals surface area contributed by atoms with E-state index in [1.54, 1.807) is 18.1 Å². The Balaban J connectivity index is 2.15. The summed E-state index contributed by atoms with van der Waals surface area (Å²) in [4.78, 5) is 19.1. The zero-order valence-electron chi connectivity index (χ0n) is 18.3. The highest BCUT2D eigenvalue weighted by atomic mass is 19.1. The van der Waals surface area contributed by atoms with Gasteiger partial charge in [0.1, 0.15) is 5.83 Å². The third kappa shape index (κ3) is 4.38. The Bertz CT molecular complexity index is 996. The molecule has 160 valence electrons. The Kier molecular flexibility index (Phi) is 6.87. The van der Waals surface area contributed by atoms with Crippen LogP contribution in [-0.2, 0) is 4.79 Å². The van der Waals surface area contributed by atoms with Crippen LogP contribution in [0, 0.1) is 0 Å². The second-order valence-corrected chi connectivity index (χ2v) is 8.06. The molecule has 0 unspecified atom stereocenters. The topological polar surface area (TPSA) is 50.2 Å². The van der Waals surface area contributed by atoms with Gasteiger partial charge in [0, 0.05) is 30.9 Å². The van der Waals surface area contributed by atoms with Crippen molar-refractivity contribution < 1.29 is 9.18 Å². The SMILES string of the molecule is C=C(F)/C=C(C(=O)N(C)C(C)C)\C(=C/C)n1cc(C2CCNCC2)c2ccncc21. The number of piperidine rings is 1. The van der Waals surface area contributed by atoms with Crippen LogP contribution in [0.4, 0.5) is 4.39 Å². The van der Waals surface area contributed by atoms with Crippen LogP contribution in [0.3, 0.4) is 0 Å². The van der Waals surface area contributed by atoms with Crippen LogP contribution in [0.5, 0.6) is 0 Å². The summed E-state index contributed by atoms with van der Waals surface area (Å²) in [5, 5.41) is 4.53. The quantitative estimate of drug-likeness (QED) is 0.558. The minimum absolute atomic E-state index is 0.0137. The van der Waals surface area contributed by atoms with Crippen molar-refractivity contribution in [3.8, 4) is 0 Å². The summed E-state index contributed by atoms with van der Waals surface area (Å²) in [7, 11) is 1.73. The molecule has 1 N–H and O–H groups in total. The Morgan fingerprint density at radius 1 is 1.40 bits per heavy atom. The first-order chi connectivity index (χ1) is 14.3. The minimum Gasteiger partial charge on any atom is -0.339 e. The van der Waals surface area contributed by atoms with E-state index in [1.807, 2.05) is 43.7 Å². The second-order valence-electron chi connectivity index (χ2n) is 8.06. The van der Waals surface area contributed by atoms with Crippen LogP contribution >= 0.6 is 0 Å². The molecule has 1 aliphatic heterocycles. The van der Waals surface area contributed by atoms with Gasteiger partial charge in [0.2, 0.25) is 0 Å². The average molecular weight is 411 g/mol. The van der Waals surface area contributed by atoms with Gasteiger partial charge in [-0.05, 0) is 70.3 Å². The molecule has 1 fully saturated rings. The highest BCUT2D eigenvalue weighted by Gasteiger charge is 2.25. The van der Waals surface area contributed by atoms with Gasteiger partial charge in [-0.25, -0.2) is 4.39 Å². The normalized spacial score (nSPS) is 16.3. The molecule has 0 aromatic carbocycles. The molecule has 2 aromatic rings. The third-order valence-corrected chi connectivity index (χ3v) is 5.85. The van der Waals surface area contributed by atoms with E-state index in [-0.39, 0.29) is 17.5 Å². The maximum absolute atomic E-state index is 13.9. The predicted molar refractivity (Wildman–Crippen MR) is 121 cm³/mol. The number of allylic oxidation sites excluding steroid dienone is 3. The van der Waals surface area contributed by atoms with E-state index in [1.165, 1.54) is 11.6 Å². The number of nitrogens with one attached hydrogen (secondary N) is 1. The fourth-order valence-electron chi connectivity index (χ4n) is 4.01. The summed E-state index contributed by atoms with van der Waals surface area (Å²) in [6, 6.07) is 2.01. The van der Waals surface area contributed by atoms with Crippen molar-refractivity contribution in [2.75, 3.05) is 20.1 Å². The number of pyridine rings is 1. The lowest BCUT2D eigenvalue weighted by atomic mass is 9.90. The summed E-state index contributed by atoms with van der Waals surface area (Å²) < 4.78 is 15.9. The molecule has 6 heteroatoms. The van der Waals surface area contributed by atoms with Gasteiger partial charge in [-0.2, -0.15) is 0 Å². The number of rotatable bonds is 6. The molecule has 3 rings (SSSR count). The number of hydrogen-bond acceptors (Lipinski definition) is 3. The molecule has 5 nitrogen and oxygen atoms in total. The summed E-state index contributed by atoms with van der Waals surface area (Å²) in [5.74, 6) is -0.456. The van der Waals surface area contributed by atoms with Gasteiger partial charge >= 0.3 is 0 Å². The Morgan fingerprint density at radius 3 is 2.70 bits per heavy atom. The monoisotopic (exact) mass is 410 g/mol. The maximum Gasteiger partial charge on any atom is 0.256 e. The second kappa shape index (κ2) is 9.39. The van der Waals surface area contributed by atoms with Gasteiger partial charge in [-0.1, -0.05) is 12.7 Å². The van der Waals surface area contributed by atoms with Crippen LogP contribution in [0.25, 0.3) is 16.6 Å². The number of fused-ring (bicyclic) bond motifs is 1. The molecule has 2 aromatic heterocycles. The predicted octanol–water partition coefficient (Wildman–Crippen LogP) is 4.64. The minimum atomic E-state index is -0.650. The molecule has 3 heterocycles. The van der Waals surface area contributed by atoms with Crippen LogP contribution in [0.1, 0.15) is 45.1 Å². The highest BCUT2D eigenvalue weighted by molar-refractivity contribution is 6.07. The summed E-state index contributed by atoms with van der Waals surface area (Å²) in [5.41, 5.74) is 3.06. The first kappa shape index (κ1) is 22.0. The molecular formula is C24H31FN4O. The molecule has 0 atom stereocenters. The van der Waals surface area contributed by atoms with Gasteiger partial charge in [0.05, 0.1) is 23.0 Å². The van der Waals surface area contributed by atoms with Crippen molar-refractivity contribution in [1.82, 2.24) is 19.8 Å². The molecular weight excluding hydrogens is 379 g/mol. The lowest BCUT2D eigenvalue weighted by Crippen LogP contribution is -2.34. The van der Waals surface area contributed by atoms with E-state index < -0.39 is 5.83 Å². The van der Waals surface area contributed by atoms with Crippen molar-refractivity contribution >= 4 is 22.5 Å². The highest BCUT2D eigenvalue weighted by Crippen LogP contribution is 2.35. The molecule has 30 heavy (non-hydrogen) atoms. The molecule has 1 saturated heterocycles. The summed E-state index contributed by atoms with van der Waals surface area (Å²) in [6.07, 6.45) is 10.9. The zero-order chi connectivity index (χ0) is 21.8. The lowest BCUT2D eigenvalue weighted by molar-refractivity contribution is -0.126. The van der Waals surface area contributed by atoms with Gasteiger partial charge in [-0.3, -0.25) is 9.78 Å². The van der Waals surface area contributed by atoms with Gasteiger partial charge in [0.25, 0.3) is 5.91 Å². The van der Waals surface area contributed by atoms with Crippen LogP contribution in [-0.4, -0.2) is 46.5 Å². The number of aromatic nitrogens is 2. The van der Waals surface area contributed by atoms with E-state index in [0.29, 0.717) is 11.6 Å². The maximum atomic E-state index is 13.9. The standard InChI is InChI=1S/C24H31FN4O/c1-6-22(20(13-17(4)25)24(30)28(5)16(2)3)29-15-21(18-7-10-26-11-8-18)19-9-12-27-14-23(19)29/h6,9,12-16,18,26H,4,7-8,10-11H2,1-3,5H3/b20-13+,22-6+. The Hall–Kier alpha value is -2.73. The number of carbonyl (C=O) groups is 1. The summed E-state index contributed by atoms with van der Waals surface area (Å²) >= 11 is 0. The van der Waals surface area contributed by atoms with Crippen molar-refractivity contribution in [3.05, 3.63) is 60.4 Å². The molecule has 0 bridgehead atoms. The van der Waals surface area contributed by atoms with E-state index in [0.717, 1.165) is 36.8 Å². The third-order valence-electron chi connectivity index (χ3n) is 5.85. The van der Waals surface area contributed by atoms with Crippen molar-refractivity contribution in [2.45, 2.75) is 45.6 Å². The van der Waals surface area contributed by atoms with Gasteiger partial charge < -0.3 is 14.8 Å². The average Bonchev–Trinajstić information content (AvgIpc) is 3.12. The van der Waals surface area contributed by atoms with Gasteiger partial charge in [-0.15, -0.1) is 0 Å². The van der Waals surface area contributed by atoms with Crippen molar-refractivity contribution in [3.63, 3.8) is 0 Å². The molecule has 0 radical (unpaired) electrons. The largest absolute Gasteiger partial charge is 0.339 e. The van der Waals surface area contributed by atoms with E-state index in [9.17, 15) is 9.18 Å². The number of nitrogens with zero attached hydrogens (tertiary/aromatic N) is 3. The van der Waals surface area contributed by atoms with E-state index in [2.05, 4.69) is 23.1 Å². The molecule has 0 spiro atoms. The van der Waals surface area contributed by atoms with Crippen molar-refractivity contribution in [2.24, 2.45) is 0 Å². The number of likely N-dealkylation sites (N-methyl/N-ethyl adjacent to an activating group) is 1. The molecule has 0 aliphatic carbocycles. The molecule has 1 amide bonds. The fourth-order valence-corrected chi connectivity index (χ4v) is 4.01. The number of hydrogen-bond donors (Lipinski definition) is 1. The molecule has 1 aliphatic rings. The Labute approximate surface area is 178 Å². The zero-order valence-corrected chi connectivity index (χ0v) is 18.3. The first-order valence-corrected chi connectivity index (χ1v) is 10.5. The number of carbonyl (C=O) groups excluding carboxylic acids is 1.